The first-order valence-corrected chi connectivity index (χ1v) is 7.90. The second-order valence-corrected chi connectivity index (χ2v) is 6.16. The number of carbonyl (C=O) groups excluding carboxylic acids is 1. The Morgan fingerprint density at radius 3 is 2.55 bits per heavy atom. The fourth-order valence-electron chi connectivity index (χ4n) is 3.57. The van der Waals surface area contributed by atoms with Crippen LogP contribution in [0.2, 0.25) is 0 Å². The lowest BCUT2D eigenvalue weighted by atomic mass is 9.82. The Kier molecular flexibility index (Phi) is 4.36. The highest BCUT2D eigenvalue weighted by Gasteiger charge is 2.32. The van der Waals surface area contributed by atoms with E-state index in [0.717, 1.165) is 18.9 Å². The number of hydrogen-bond donors (Lipinski definition) is 2. The third-order valence-corrected chi connectivity index (χ3v) is 4.73. The third kappa shape index (κ3) is 3.21. The number of amides is 1. The summed E-state index contributed by atoms with van der Waals surface area (Å²) in [5.41, 5.74) is 1.23. The van der Waals surface area contributed by atoms with Gasteiger partial charge in [-0.1, -0.05) is 49.6 Å². The maximum absolute atomic E-state index is 12.1. The van der Waals surface area contributed by atoms with Gasteiger partial charge >= 0.3 is 0 Å². The maximum Gasteiger partial charge on any atom is 0.237 e. The van der Waals surface area contributed by atoms with E-state index >= 15 is 0 Å². The van der Waals surface area contributed by atoms with Gasteiger partial charge in [0, 0.05) is 12.6 Å². The molecule has 1 amide bonds. The van der Waals surface area contributed by atoms with Crippen molar-refractivity contribution in [2.45, 2.75) is 50.6 Å². The zero-order chi connectivity index (χ0) is 13.8. The van der Waals surface area contributed by atoms with Gasteiger partial charge < -0.3 is 10.6 Å². The Morgan fingerprint density at radius 2 is 1.80 bits per heavy atom. The van der Waals surface area contributed by atoms with E-state index in [9.17, 15) is 4.79 Å². The Morgan fingerprint density at radius 1 is 1.05 bits per heavy atom. The van der Waals surface area contributed by atoms with Crippen molar-refractivity contribution in [3.8, 4) is 0 Å². The van der Waals surface area contributed by atoms with Gasteiger partial charge in [-0.15, -0.1) is 0 Å². The molecule has 20 heavy (non-hydrogen) atoms. The number of nitrogens with one attached hydrogen (secondary N) is 2. The van der Waals surface area contributed by atoms with Crippen molar-refractivity contribution in [3.05, 3.63) is 35.9 Å². The molecule has 3 heteroatoms. The molecule has 2 fully saturated rings. The van der Waals surface area contributed by atoms with Crippen molar-refractivity contribution < 1.29 is 4.79 Å². The lowest BCUT2D eigenvalue weighted by molar-refractivity contribution is -0.125. The zero-order valence-electron chi connectivity index (χ0n) is 12.0. The standard InChI is InChI=1S/C17H24N2O/c20-17-15(11-13-7-3-1-4-8-13)19-16(12-18-17)14-9-5-2-6-10-14/h1,3-4,7-8,14-16,19H,2,5-6,9-12H2,(H,18,20)/t15-,16?/m0/s1. The largest absolute Gasteiger partial charge is 0.353 e. The van der Waals surface area contributed by atoms with Crippen LogP contribution in [0.5, 0.6) is 0 Å². The first-order chi connectivity index (χ1) is 9.83. The molecule has 1 aliphatic heterocycles. The highest BCUT2D eigenvalue weighted by Crippen LogP contribution is 2.27. The van der Waals surface area contributed by atoms with E-state index in [1.54, 1.807) is 0 Å². The highest BCUT2D eigenvalue weighted by atomic mass is 16.2. The molecule has 0 bridgehead atoms. The monoisotopic (exact) mass is 272 g/mol. The molecule has 1 saturated carbocycles. The number of benzene rings is 1. The lowest BCUT2D eigenvalue weighted by Crippen LogP contribution is -2.61. The van der Waals surface area contributed by atoms with Crippen LogP contribution < -0.4 is 10.6 Å². The smallest absolute Gasteiger partial charge is 0.237 e. The van der Waals surface area contributed by atoms with Gasteiger partial charge in [0.1, 0.15) is 0 Å². The van der Waals surface area contributed by atoms with Crippen LogP contribution in [0, 0.1) is 5.92 Å². The fourth-order valence-corrected chi connectivity index (χ4v) is 3.57. The molecule has 1 unspecified atom stereocenters. The summed E-state index contributed by atoms with van der Waals surface area (Å²) in [6, 6.07) is 10.7. The summed E-state index contributed by atoms with van der Waals surface area (Å²) < 4.78 is 0. The van der Waals surface area contributed by atoms with Gasteiger partial charge in [0.2, 0.25) is 5.91 Å². The Hall–Kier alpha value is -1.35. The summed E-state index contributed by atoms with van der Waals surface area (Å²) in [5.74, 6) is 0.892. The van der Waals surface area contributed by atoms with E-state index in [4.69, 9.17) is 0 Å². The van der Waals surface area contributed by atoms with Gasteiger partial charge in [-0.25, -0.2) is 0 Å². The van der Waals surface area contributed by atoms with Crippen LogP contribution in [0.3, 0.4) is 0 Å². The van der Waals surface area contributed by atoms with Crippen LogP contribution in [-0.4, -0.2) is 24.5 Å². The van der Waals surface area contributed by atoms with Crippen molar-refractivity contribution in [1.82, 2.24) is 10.6 Å². The molecule has 108 valence electrons. The molecule has 1 saturated heterocycles. The SMILES string of the molecule is O=C1NCC(C2CCCCC2)N[C@H]1Cc1ccccc1. The average molecular weight is 272 g/mol. The molecule has 1 aromatic carbocycles. The van der Waals surface area contributed by atoms with Crippen molar-refractivity contribution in [2.75, 3.05) is 6.54 Å². The van der Waals surface area contributed by atoms with Gasteiger partial charge in [0.05, 0.1) is 6.04 Å². The minimum atomic E-state index is -0.0712. The molecule has 2 aliphatic rings. The minimum Gasteiger partial charge on any atom is -0.353 e. The first kappa shape index (κ1) is 13.6. The molecular formula is C17H24N2O. The predicted octanol–water partition coefficient (Wildman–Crippen LogP) is 2.27. The van der Waals surface area contributed by atoms with E-state index in [0.29, 0.717) is 6.04 Å². The summed E-state index contributed by atoms with van der Waals surface area (Å²) in [6.07, 6.45) is 7.48. The van der Waals surface area contributed by atoms with Crippen molar-refractivity contribution >= 4 is 5.91 Å². The quantitative estimate of drug-likeness (QED) is 0.886. The maximum atomic E-state index is 12.1. The van der Waals surface area contributed by atoms with Crippen molar-refractivity contribution in [2.24, 2.45) is 5.92 Å². The van der Waals surface area contributed by atoms with Crippen LogP contribution in [0.25, 0.3) is 0 Å². The van der Waals surface area contributed by atoms with E-state index in [1.807, 2.05) is 18.2 Å². The molecule has 2 N–H and O–H groups in total. The Bertz CT molecular complexity index is 440. The molecule has 2 atom stereocenters. The van der Waals surface area contributed by atoms with Gasteiger partial charge in [0.15, 0.2) is 0 Å². The molecule has 0 aromatic heterocycles. The van der Waals surface area contributed by atoms with Crippen molar-refractivity contribution in [3.63, 3.8) is 0 Å². The number of carbonyl (C=O) groups is 1. The van der Waals surface area contributed by atoms with Gasteiger partial charge in [0.25, 0.3) is 0 Å². The number of piperazine rings is 1. The average Bonchev–Trinajstić information content (AvgIpc) is 2.51. The van der Waals surface area contributed by atoms with Crippen LogP contribution in [0.4, 0.5) is 0 Å². The predicted molar refractivity (Wildman–Crippen MR) is 80.4 cm³/mol. The summed E-state index contributed by atoms with van der Waals surface area (Å²) in [4.78, 5) is 12.1. The van der Waals surface area contributed by atoms with Crippen LogP contribution in [-0.2, 0) is 11.2 Å². The molecule has 3 nitrogen and oxygen atoms in total. The lowest BCUT2D eigenvalue weighted by Gasteiger charge is -2.37. The van der Waals surface area contributed by atoms with Gasteiger partial charge in [-0.2, -0.15) is 0 Å². The summed E-state index contributed by atoms with van der Waals surface area (Å²) in [7, 11) is 0. The van der Waals surface area contributed by atoms with Crippen LogP contribution in [0.1, 0.15) is 37.7 Å². The van der Waals surface area contributed by atoms with Gasteiger partial charge in [-0.05, 0) is 30.7 Å². The Balaban J connectivity index is 1.62. The molecule has 0 spiro atoms. The molecule has 3 rings (SSSR count). The minimum absolute atomic E-state index is 0.0712. The van der Waals surface area contributed by atoms with Gasteiger partial charge in [-0.3, -0.25) is 4.79 Å². The Labute approximate surface area is 121 Å². The third-order valence-electron chi connectivity index (χ3n) is 4.73. The second kappa shape index (κ2) is 6.40. The molecular weight excluding hydrogens is 248 g/mol. The second-order valence-electron chi connectivity index (χ2n) is 6.16. The van der Waals surface area contributed by atoms with Crippen LogP contribution in [0.15, 0.2) is 30.3 Å². The summed E-state index contributed by atoms with van der Waals surface area (Å²) >= 11 is 0. The van der Waals surface area contributed by atoms with E-state index in [-0.39, 0.29) is 11.9 Å². The molecule has 1 aromatic rings. The summed E-state index contributed by atoms with van der Waals surface area (Å²) in [5, 5.41) is 6.71. The topological polar surface area (TPSA) is 41.1 Å². The van der Waals surface area contributed by atoms with E-state index < -0.39 is 0 Å². The number of rotatable bonds is 3. The molecule has 1 aliphatic carbocycles. The normalized spacial score (nSPS) is 28.1. The highest BCUT2D eigenvalue weighted by molar-refractivity contribution is 5.83. The van der Waals surface area contributed by atoms with E-state index in [2.05, 4.69) is 22.8 Å². The molecule has 1 heterocycles. The summed E-state index contributed by atoms with van der Waals surface area (Å²) in [6.45, 7) is 0.800. The molecule has 0 radical (unpaired) electrons. The number of hydrogen-bond acceptors (Lipinski definition) is 2. The van der Waals surface area contributed by atoms with E-state index in [1.165, 1.54) is 37.7 Å². The van der Waals surface area contributed by atoms with Crippen LogP contribution >= 0.6 is 0 Å². The fraction of sp³-hybridized carbons (Fsp3) is 0.588. The van der Waals surface area contributed by atoms with Crippen molar-refractivity contribution in [1.29, 1.82) is 0 Å². The zero-order valence-corrected chi connectivity index (χ0v) is 12.0. The first-order valence-electron chi connectivity index (χ1n) is 7.90.